The highest BCUT2D eigenvalue weighted by molar-refractivity contribution is 7.09. The lowest BCUT2D eigenvalue weighted by atomic mass is 9.84. The Labute approximate surface area is 113 Å². The van der Waals surface area contributed by atoms with Crippen LogP contribution in [0.4, 0.5) is 0 Å². The average Bonchev–Trinajstić information content (AvgIpc) is 2.72. The molecule has 1 amide bonds. The van der Waals surface area contributed by atoms with Crippen molar-refractivity contribution in [3.8, 4) is 0 Å². The Hall–Kier alpha value is -0.940. The zero-order valence-electron chi connectivity index (χ0n) is 11.6. The summed E-state index contributed by atoms with van der Waals surface area (Å²) in [7, 11) is 0. The molecule has 0 fully saturated rings. The molecule has 0 spiro atoms. The van der Waals surface area contributed by atoms with Gasteiger partial charge in [-0.05, 0) is 17.8 Å². The average molecular weight is 269 g/mol. The third-order valence-electron chi connectivity index (χ3n) is 2.65. The first-order chi connectivity index (χ1) is 8.34. The predicted octanol–water partition coefficient (Wildman–Crippen LogP) is 2.40. The molecule has 0 bridgehead atoms. The molecule has 18 heavy (non-hydrogen) atoms. The molecule has 0 aliphatic heterocycles. The molecule has 0 unspecified atom stereocenters. The smallest absolute Gasteiger partial charge is 0.270 e. The Balaban J connectivity index is 2.50. The largest absolute Gasteiger partial charge is 0.350 e. The second kappa shape index (κ2) is 6.29. The maximum absolute atomic E-state index is 11.9. The van der Waals surface area contributed by atoms with Gasteiger partial charge in [-0.2, -0.15) is 0 Å². The minimum Gasteiger partial charge on any atom is -0.350 e. The monoisotopic (exact) mass is 269 g/mol. The fourth-order valence-electron chi connectivity index (χ4n) is 2.10. The summed E-state index contributed by atoms with van der Waals surface area (Å²) >= 11 is 1.42. The summed E-state index contributed by atoms with van der Waals surface area (Å²) < 4.78 is 0. The number of carbonyl (C=O) groups is 1. The van der Waals surface area contributed by atoms with Gasteiger partial charge in [0.05, 0.1) is 0 Å². The Bertz CT molecular complexity index is 399. The van der Waals surface area contributed by atoms with E-state index in [1.54, 1.807) is 5.38 Å². The van der Waals surface area contributed by atoms with Gasteiger partial charge in [0.25, 0.3) is 5.91 Å². The van der Waals surface area contributed by atoms with Gasteiger partial charge >= 0.3 is 0 Å². The van der Waals surface area contributed by atoms with Crippen LogP contribution in [0, 0.1) is 11.3 Å². The molecule has 0 aliphatic rings. The van der Waals surface area contributed by atoms with Crippen LogP contribution < -0.4 is 11.1 Å². The van der Waals surface area contributed by atoms with Crippen molar-refractivity contribution >= 4 is 17.2 Å². The van der Waals surface area contributed by atoms with E-state index >= 15 is 0 Å². The molecule has 0 aromatic carbocycles. The third-order valence-corrected chi connectivity index (χ3v) is 3.52. The minimum atomic E-state index is -0.109. The predicted molar refractivity (Wildman–Crippen MR) is 75.6 cm³/mol. The Morgan fingerprint density at radius 3 is 2.72 bits per heavy atom. The molecular formula is C13H23N3OS. The first kappa shape index (κ1) is 15.1. The van der Waals surface area contributed by atoms with Gasteiger partial charge in [0.15, 0.2) is 0 Å². The molecule has 1 aromatic rings. The van der Waals surface area contributed by atoms with E-state index in [4.69, 9.17) is 5.73 Å². The van der Waals surface area contributed by atoms with Gasteiger partial charge in [0, 0.05) is 18.5 Å². The second-order valence-corrected chi connectivity index (χ2v) is 6.72. The molecule has 1 heterocycles. The summed E-state index contributed by atoms with van der Waals surface area (Å²) in [5, 5.41) is 5.50. The Morgan fingerprint density at radius 2 is 2.22 bits per heavy atom. The fraction of sp³-hybridized carbons (Fsp3) is 0.692. The first-order valence-electron chi connectivity index (χ1n) is 6.27. The number of nitrogens with two attached hydrogens (primary N) is 1. The van der Waals surface area contributed by atoms with Gasteiger partial charge in [0.1, 0.15) is 10.7 Å². The van der Waals surface area contributed by atoms with Crippen LogP contribution in [-0.4, -0.2) is 17.4 Å². The zero-order valence-corrected chi connectivity index (χ0v) is 12.4. The van der Waals surface area contributed by atoms with Crippen LogP contribution in [-0.2, 0) is 6.54 Å². The van der Waals surface area contributed by atoms with Crippen molar-refractivity contribution in [1.82, 2.24) is 10.3 Å². The van der Waals surface area contributed by atoms with Gasteiger partial charge in [-0.25, -0.2) is 4.98 Å². The number of nitrogens with one attached hydrogen (secondary N) is 1. The van der Waals surface area contributed by atoms with E-state index in [1.807, 2.05) is 0 Å². The summed E-state index contributed by atoms with van der Waals surface area (Å²) in [6.07, 6.45) is 1.08. The fourth-order valence-corrected chi connectivity index (χ4v) is 2.75. The van der Waals surface area contributed by atoms with Crippen molar-refractivity contribution in [2.45, 2.75) is 40.7 Å². The summed E-state index contributed by atoms with van der Waals surface area (Å²) in [5.41, 5.74) is 6.06. The Kier molecular flexibility index (Phi) is 5.28. The van der Waals surface area contributed by atoms with Crippen molar-refractivity contribution in [1.29, 1.82) is 0 Å². The van der Waals surface area contributed by atoms with Crippen LogP contribution in [0.3, 0.4) is 0 Å². The number of hydrogen-bond donors (Lipinski definition) is 2. The maximum Gasteiger partial charge on any atom is 0.270 e. The lowest BCUT2D eigenvalue weighted by Crippen LogP contribution is -2.35. The van der Waals surface area contributed by atoms with Crippen LogP contribution in [0.5, 0.6) is 0 Å². The van der Waals surface area contributed by atoms with E-state index in [-0.39, 0.29) is 11.3 Å². The number of hydrogen-bond acceptors (Lipinski definition) is 4. The van der Waals surface area contributed by atoms with Crippen molar-refractivity contribution < 1.29 is 4.79 Å². The lowest BCUT2D eigenvalue weighted by molar-refractivity contribution is 0.0927. The molecule has 5 heteroatoms. The van der Waals surface area contributed by atoms with Crippen molar-refractivity contribution in [3.05, 3.63) is 16.1 Å². The molecule has 1 aromatic heterocycles. The number of thiazole rings is 1. The molecule has 0 saturated carbocycles. The molecule has 0 atom stereocenters. The van der Waals surface area contributed by atoms with Crippen LogP contribution >= 0.6 is 11.3 Å². The quantitative estimate of drug-likeness (QED) is 0.833. The van der Waals surface area contributed by atoms with E-state index in [1.165, 1.54) is 11.3 Å². The van der Waals surface area contributed by atoms with Crippen molar-refractivity contribution in [2.24, 2.45) is 17.1 Å². The zero-order chi connectivity index (χ0) is 13.8. The van der Waals surface area contributed by atoms with E-state index in [0.29, 0.717) is 24.7 Å². The van der Waals surface area contributed by atoms with Crippen LogP contribution in [0.25, 0.3) is 0 Å². The summed E-state index contributed by atoms with van der Waals surface area (Å²) in [5.74, 6) is 0.516. The Morgan fingerprint density at radius 1 is 1.56 bits per heavy atom. The second-order valence-electron chi connectivity index (χ2n) is 5.78. The molecule has 4 nitrogen and oxygen atoms in total. The van der Waals surface area contributed by atoms with E-state index in [0.717, 1.165) is 11.4 Å². The van der Waals surface area contributed by atoms with Gasteiger partial charge < -0.3 is 11.1 Å². The highest BCUT2D eigenvalue weighted by Gasteiger charge is 2.21. The molecular weight excluding hydrogens is 246 g/mol. The highest BCUT2D eigenvalue weighted by Crippen LogP contribution is 2.24. The molecule has 1 rings (SSSR count). The van der Waals surface area contributed by atoms with Gasteiger partial charge in [-0.3, -0.25) is 4.79 Å². The number of nitrogens with zero attached hydrogens (tertiary/aromatic N) is 1. The first-order valence-corrected chi connectivity index (χ1v) is 7.14. The van der Waals surface area contributed by atoms with E-state index in [2.05, 4.69) is 38.0 Å². The van der Waals surface area contributed by atoms with Gasteiger partial charge in [0.2, 0.25) is 0 Å². The summed E-state index contributed by atoms with van der Waals surface area (Å²) in [6.45, 7) is 9.77. The minimum absolute atomic E-state index is 0.108. The number of aromatic nitrogens is 1. The topological polar surface area (TPSA) is 68.0 Å². The summed E-state index contributed by atoms with van der Waals surface area (Å²) in [4.78, 5) is 16.1. The SMILES string of the molecule is CC(C)CC(C)(C)CNC(=O)c1csc(CN)n1. The van der Waals surface area contributed by atoms with E-state index in [9.17, 15) is 4.79 Å². The number of rotatable bonds is 6. The molecule has 0 radical (unpaired) electrons. The standard InChI is InChI=1S/C13H23N3OS/c1-9(2)5-13(3,4)8-15-12(17)10-7-18-11(6-14)16-10/h7,9H,5-6,8,14H2,1-4H3,(H,15,17). The highest BCUT2D eigenvalue weighted by atomic mass is 32.1. The van der Waals surface area contributed by atoms with Crippen LogP contribution in [0.1, 0.15) is 49.6 Å². The number of carbonyl (C=O) groups excluding carboxylic acids is 1. The maximum atomic E-state index is 11.9. The normalized spacial score (nSPS) is 11.9. The van der Waals surface area contributed by atoms with Gasteiger partial charge in [-0.15, -0.1) is 11.3 Å². The summed E-state index contributed by atoms with van der Waals surface area (Å²) in [6, 6.07) is 0. The van der Waals surface area contributed by atoms with Crippen LogP contribution in [0.15, 0.2) is 5.38 Å². The lowest BCUT2D eigenvalue weighted by Gasteiger charge is -2.26. The third kappa shape index (κ3) is 4.74. The molecule has 0 aliphatic carbocycles. The van der Waals surface area contributed by atoms with Crippen molar-refractivity contribution in [2.75, 3.05) is 6.54 Å². The van der Waals surface area contributed by atoms with Gasteiger partial charge in [-0.1, -0.05) is 27.7 Å². The molecule has 0 saturated heterocycles. The van der Waals surface area contributed by atoms with Crippen LogP contribution in [0.2, 0.25) is 0 Å². The van der Waals surface area contributed by atoms with E-state index < -0.39 is 0 Å². The molecule has 3 N–H and O–H groups in total. The molecule has 102 valence electrons. The number of amides is 1. The van der Waals surface area contributed by atoms with Crippen molar-refractivity contribution in [3.63, 3.8) is 0 Å².